The van der Waals surface area contributed by atoms with Crippen molar-refractivity contribution in [2.24, 2.45) is 5.92 Å². The van der Waals surface area contributed by atoms with Crippen molar-refractivity contribution in [3.63, 3.8) is 0 Å². The topological polar surface area (TPSA) is 20.3 Å². The number of likely N-dealkylation sites (tertiary alicyclic amines) is 1. The average molecular weight is 292 g/mol. The van der Waals surface area contributed by atoms with E-state index >= 15 is 0 Å². The Kier molecular flexibility index (Phi) is 4.42. The van der Waals surface area contributed by atoms with Crippen molar-refractivity contribution in [3.8, 4) is 0 Å². The summed E-state index contributed by atoms with van der Waals surface area (Å²) >= 11 is 5.85. The van der Waals surface area contributed by atoms with Crippen LogP contribution in [0.4, 0.5) is 0 Å². The van der Waals surface area contributed by atoms with Crippen molar-refractivity contribution in [2.75, 3.05) is 13.1 Å². The number of Topliss-reactive ketones (excluding diaryl/α,β-unsaturated/α-hetero) is 1. The summed E-state index contributed by atoms with van der Waals surface area (Å²) in [6.45, 7) is 2.10. The summed E-state index contributed by atoms with van der Waals surface area (Å²) in [7, 11) is 0. The van der Waals surface area contributed by atoms with Crippen LogP contribution in [0.3, 0.4) is 0 Å². The number of carbonyl (C=O) groups is 1. The molecule has 2 nitrogen and oxygen atoms in total. The van der Waals surface area contributed by atoms with E-state index in [1.165, 1.54) is 38.6 Å². The predicted octanol–water partition coefficient (Wildman–Crippen LogP) is 4.18. The molecule has 1 heterocycles. The smallest absolute Gasteiger partial charge is 0.164 e. The van der Waals surface area contributed by atoms with Gasteiger partial charge < -0.3 is 0 Å². The third-order valence-corrected chi connectivity index (χ3v) is 5.17. The highest BCUT2D eigenvalue weighted by molar-refractivity contribution is 6.30. The first-order valence-electron chi connectivity index (χ1n) is 7.77. The summed E-state index contributed by atoms with van der Waals surface area (Å²) in [5.41, 5.74) is 0.786. The fraction of sp³-hybridized carbons (Fsp3) is 0.588. The molecule has 1 aromatic rings. The van der Waals surface area contributed by atoms with E-state index in [1.807, 2.05) is 12.1 Å². The zero-order chi connectivity index (χ0) is 13.9. The maximum atomic E-state index is 12.2. The summed E-state index contributed by atoms with van der Waals surface area (Å²) in [6, 6.07) is 8.00. The zero-order valence-corrected chi connectivity index (χ0v) is 12.6. The second-order valence-corrected chi connectivity index (χ2v) is 6.55. The Balaban J connectivity index is 1.54. The normalized spacial score (nSPS) is 26.4. The molecule has 3 rings (SSSR count). The minimum atomic E-state index is 0.237. The van der Waals surface area contributed by atoms with Crippen LogP contribution in [0.25, 0.3) is 0 Å². The van der Waals surface area contributed by atoms with Gasteiger partial charge in [-0.05, 0) is 56.0 Å². The molecule has 2 fully saturated rings. The second-order valence-electron chi connectivity index (χ2n) is 6.12. The first-order valence-corrected chi connectivity index (χ1v) is 8.14. The summed E-state index contributed by atoms with van der Waals surface area (Å²) in [6.07, 6.45) is 7.46. The molecule has 0 bridgehead atoms. The lowest BCUT2D eigenvalue weighted by atomic mass is 9.85. The molecule has 1 saturated carbocycles. The van der Waals surface area contributed by atoms with Gasteiger partial charge in [0, 0.05) is 29.6 Å². The lowest BCUT2D eigenvalue weighted by Crippen LogP contribution is -2.36. The van der Waals surface area contributed by atoms with Crippen LogP contribution in [0.15, 0.2) is 24.3 Å². The van der Waals surface area contributed by atoms with Crippen LogP contribution in [0.5, 0.6) is 0 Å². The maximum absolute atomic E-state index is 12.2. The van der Waals surface area contributed by atoms with Crippen molar-refractivity contribution >= 4 is 17.4 Å². The van der Waals surface area contributed by atoms with E-state index in [0.29, 0.717) is 11.4 Å². The Bertz CT molecular complexity index is 470. The quantitative estimate of drug-likeness (QED) is 0.776. The third kappa shape index (κ3) is 3.07. The van der Waals surface area contributed by atoms with Gasteiger partial charge in [-0.15, -0.1) is 0 Å². The number of hydrogen-bond acceptors (Lipinski definition) is 2. The Morgan fingerprint density at radius 2 is 1.90 bits per heavy atom. The summed E-state index contributed by atoms with van der Waals surface area (Å²) in [5.74, 6) is 1.13. The van der Waals surface area contributed by atoms with Gasteiger partial charge in [0.15, 0.2) is 5.78 Å². The Morgan fingerprint density at radius 3 is 2.70 bits per heavy atom. The summed E-state index contributed by atoms with van der Waals surface area (Å²) < 4.78 is 0. The molecule has 108 valence electrons. The molecule has 1 aliphatic carbocycles. The van der Waals surface area contributed by atoms with Gasteiger partial charge in [-0.25, -0.2) is 0 Å². The van der Waals surface area contributed by atoms with Gasteiger partial charge in [-0.1, -0.05) is 24.4 Å². The molecule has 1 saturated heterocycles. The van der Waals surface area contributed by atoms with Crippen molar-refractivity contribution in [1.82, 2.24) is 4.90 Å². The highest BCUT2D eigenvalue weighted by atomic mass is 35.5. The van der Waals surface area contributed by atoms with Gasteiger partial charge in [-0.2, -0.15) is 0 Å². The molecule has 0 radical (unpaired) electrons. The predicted molar refractivity (Wildman–Crippen MR) is 82.3 cm³/mol. The van der Waals surface area contributed by atoms with Crippen LogP contribution in [-0.2, 0) is 0 Å². The van der Waals surface area contributed by atoms with Crippen LogP contribution in [0.1, 0.15) is 48.9 Å². The molecule has 3 heteroatoms. The Hall–Kier alpha value is -0.860. The molecule has 0 spiro atoms. The largest absolute Gasteiger partial charge is 0.300 e. The van der Waals surface area contributed by atoms with Crippen LogP contribution < -0.4 is 0 Å². The number of hydrogen-bond donors (Lipinski definition) is 0. The molecule has 1 aliphatic heterocycles. The number of nitrogens with zero attached hydrogens (tertiary/aromatic N) is 1. The second kappa shape index (κ2) is 6.28. The van der Waals surface area contributed by atoms with Gasteiger partial charge in [-0.3, -0.25) is 9.69 Å². The standard InChI is InChI=1S/C17H22ClNO/c18-15-7-5-14(6-8-15)17(20)10-12-19-11-9-13-3-1-2-4-16(13)19/h5-8,13,16H,1-4,9-12H2. The summed E-state index contributed by atoms with van der Waals surface area (Å²) in [4.78, 5) is 14.8. The van der Waals surface area contributed by atoms with E-state index in [-0.39, 0.29) is 5.78 Å². The van der Waals surface area contributed by atoms with Crippen molar-refractivity contribution in [1.29, 1.82) is 0 Å². The van der Waals surface area contributed by atoms with Gasteiger partial charge in [0.05, 0.1) is 0 Å². The van der Waals surface area contributed by atoms with Crippen LogP contribution in [0, 0.1) is 5.92 Å². The molecule has 0 N–H and O–H groups in total. The van der Waals surface area contributed by atoms with Crippen LogP contribution in [0.2, 0.25) is 5.02 Å². The van der Waals surface area contributed by atoms with E-state index in [0.717, 1.165) is 24.1 Å². The number of rotatable bonds is 4. The molecule has 2 atom stereocenters. The molecule has 0 amide bonds. The Morgan fingerprint density at radius 1 is 1.15 bits per heavy atom. The lowest BCUT2D eigenvalue weighted by Gasteiger charge is -2.31. The molecule has 20 heavy (non-hydrogen) atoms. The molecule has 2 unspecified atom stereocenters. The minimum absolute atomic E-state index is 0.237. The van der Waals surface area contributed by atoms with E-state index in [1.54, 1.807) is 12.1 Å². The molecule has 1 aromatic carbocycles. The SMILES string of the molecule is O=C(CCN1CCC2CCCCC21)c1ccc(Cl)cc1. The van der Waals surface area contributed by atoms with Crippen molar-refractivity contribution in [3.05, 3.63) is 34.9 Å². The third-order valence-electron chi connectivity index (χ3n) is 4.92. The number of halogens is 1. The fourth-order valence-corrected chi connectivity index (χ4v) is 3.93. The van der Waals surface area contributed by atoms with E-state index in [2.05, 4.69) is 4.90 Å². The number of carbonyl (C=O) groups excluding carboxylic acids is 1. The minimum Gasteiger partial charge on any atom is -0.300 e. The Labute approximate surface area is 126 Å². The first kappa shape index (κ1) is 14.1. The van der Waals surface area contributed by atoms with Gasteiger partial charge in [0.2, 0.25) is 0 Å². The highest BCUT2D eigenvalue weighted by Gasteiger charge is 2.35. The van der Waals surface area contributed by atoms with Gasteiger partial charge in [0.1, 0.15) is 0 Å². The first-order chi connectivity index (χ1) is 9.74. The number of fused-ring (bicyclic) bond motifs is 1. The van der Waals surface area contributed by atoms with Crippen LogP contribution in [-0.4, -0.2) is 29.8 Å². The van der Waals surface area contributed by atoms with E-state index in [4.69, 9.17) is 11.6 Å². The van der Waals surface area contributed by atoms with E-state index < -0.39 is 0 Å². The number of benzene rings is 1. The summed E-state index contributed by atoms with van der Waals surface area (Å²) in [5, 5.41) is 0.686. The van der Waals surface area contributed by atoms with Crippen molar-refractivity contribution in [2.45, 2.75) is 44.6 Å². The molecule has 0 aromatic heterocycles. The lowest BCUT2D eigenvalue weighted by molar-refractivity contribution is 0.0951. The average Bonchev–Trinajstić information content (AvgIpc) is 2.89. The van der Waals surface area contributed by atoms with Gasteiger partial charge in [0.25, 0.3) is 0 Å². The van der Waals surface area contributed by atoms with E-state index in [9.17, 15) is 4.79 Å². The molecular weight excluding hydrogens is 270 g/mol. The molecular formula is C17H22ClNO. The molecule has 2 aliphatic rings. The monoisotopic (exact) mass is 291 g/mol. The fourth-order valence-electron chi connectivity index (χ4n) is 3.81. The highest BCUT2D eigenvalue weighted by Crippen LogP contribution is 2.36. The zero-order valence-electron chi connectivity index (χ0n) is 11.9. The van der Waals surface area contributed by atoms with Crippen LogP contribution >= 0.6 is 11.6 Å². The maximum Gasteiger partial charge on any atom is 0.164 e. The van der Waals surface area contributed by atoms with Gasteiger partial charge >= 0.3 is 0 Å². The van der Waals surface area contributed by atoms with Crippen molar-refractivity contribution < 1.29 is 4.79 Å². The number of ketones is 1.